The molecule has 0 N–H and O–H groups in total. The van der Waals surface area contributed by atoms with Crippen molar-refractivity contribution in [2.45, 2.75) is 33.1 Å². The fraction of sp³-hybridized carbons (Fsp3) is 0.0943. The first-order valence-electron chi connectivity index (χ1n) is 19.7. The molecule has 0 saturated carbocycles. The van der Waals surface area contributed by atoms with Gasteiger partial charge in [0.15, 0.2) is 0 Å². The number of hydrogen-bond acceptors (Lipinski definition) is 4. The van der Waals surface area contributed by atoms with Crippen molar-refractivity contribution in [3.63, 3.8) is 0 Å². The van der Waals surface area contributed by atoms with Gasteiger partial charge in [0.2, 0.25) is 0 Å². The van der Waals surface area contributed by atoms with Gasteiger partial charge in [-0.3, -0.25) is 0 Å². The maximum atomic E-state index is 6.62. The Morgan fingerprint density at radius 3 is 1.92 bits per heavy atom. The number of para-hydroxylation sites is 3. The van der Waals surface area contributed by atoms with E-state index in [1.165, 1.54) is 11.1 Å². The third-order valence-corrected chi connectivity index (χ3v) is 10.9. The van der Waals surface area contributed by atoms with E-state index in [0.717, 1.165) is 72.6 Å². The normalized spacial score (nSPS) is 12.5. The van der Waals surface area contributed by atoms with E-state index in [9.17, 15) is 0 Å². The first-order valence-corrected chi connectivity index (χ1v) is 19.7. The molecule has 7 aromatic carbocycles. The second kappa shape index (κ2) is 15.4. The molecule has 0 unspecified atom stereocenters. The molecule has 0 atom stereocenters. The number of benzene rings is 7. The Morgan fingerprint density at radius 1 is 0.593 bits per heavy atom. The average molecular weight is 945 g/mol. The number of aromatic nitrogens is 2. The molecule has 9 aromatic rings. The summed E-state index contributed by atoms with van der Waals surface area (Å²) in [5.41, 5.74) is 13.1. The molecule has 5 nitrogen and oxygen atoms in total. The Kier molecular flexibility index (Phi) is 9.95. The van der Waals surface area contributed by atoms with E-state index in [-0.39, 0.29) is 26.5 Å². The first-order chi connectivity index (χ1) is 28.3. The van der Waals surface area contributed by atoms with Crippen LogP contribution in [0.15, 0.2) is 170 Å². The summed E-state index contributed by atoms with van der Waals surface area (Å²) >= 11 is 0. The summed E-state index contributed by atoms with van der Waals surface area (Å²) in [6.45, 7) is 11.0. The summed E-state index contributed by atoms with van der Waals surface area (Å²) in [6.07, 6.45) is 1.90. The van der Waals surface area contributed by atoms with E-state index in [0.29, 0.717) is 11.5 Å². The average Bonchev–Trinajstić information content (AvgIpc) is 3.80. The zero-order valence-electron chi connectivity index (χ0n) is 33.3. The van der Waals surface area contributed by atoms with Gasteiger partial charge in [0.05, 0.1) is 0 Å². The monoisotopic (exact) mass is 944 g/mol. The maximum Gasteiger partial charge on any atom is 0.135 e. The fourth-order valence-corrected chi connectivity index (χ4v) is 8.13. The minimum atomic E-state index is -0.0197. The van der Waals surface area contributed by atoms with E-state index < -0.39 is 0 Å². The van der Waals surface area contributed by atoms with Crippen molar-refractivity contribution in [2.75, 3.05) is 9.80 Å². The number of anilines is 4. The van der Waals surface area contributed by atoms with Gasteiger partial charge in [-0.25, -0.2) is 4.98 Å². The molecule has 3 heterocycles. The third kappa shape index (κ3) is 7.00. The molecule has 59 heavy (non-hydrogen) atoms. The van der Waals surface area contributed by atoms with Crippen LogP contribution >= 0.6 is 0 Å². The zero-order valence-corrected chi connectivity index (χ0v) is 35.5. The van der Waals surface area contributed by atoms with E-state index in [1.807, 2.05) is 24.4 Å². The SMILES string of the molecule is Cc1cc(-c2ccccc2)c(N2[CH-]N(c3[c-]c(Oc4[c-]c5c(cc4)c4ccccc4n5-c4cc(C(C)(C)C)ccn4)ccc3)c3ccccc32)c(-c2ccccc2)c1.[Pt]. The summed E-state index contributed by atoms with van der Waals surface area (Å²) in [5, 5.41) is 2.23. The number of pyridine rings is 1. The van der Waals surface area contributed by atoms with Crippen LogP contribution in [0.5, 0.6) is 11.5 Å². The number of nitrogens with zero attached hydrogens (tertiary/aromatic N) is 4. The predicted octanol–water partition coefficient (Wildman–Crippen LogP) is 13.9. The first kappa shape index (κ1) is 38.1. The van der Waals surface area contributed by atoms with Gasteiger partial charge in [-0.2, -0.15) is 12.1 Å². The number of fused-ring (bicyclic) bond motifs is 4. The van der Waals surface area contributed by atoms with Crippen LogP contribution in [0.25, 0.3) is 49.9 Å². The van der Waals surface area contributed by atoms with Crippen LogP contribution in [0.3, 0.4) is 0 Å². The van der Waals surface area contributed by atoms with Crippen molar-refractivity contribution in [1.29, 1.82) is 0 Å². The van der Waals surface area contributed by atoms with Crippen LogP contribution < -0.4 is 14.5 Å². The molecular formula is C53H41N4OPt-3. The molecule has 292 valence electrons. The van der Waals surface area contributed by atoms with Gasteiger partial charge in [-0.05, 0) is 82.4 Å². The second-order valence-electron chi connectivity index (χ2n) is 15.9. The number of rotatable bonds is 7. The largest absolute Gasteiger partial charge is 0.509 e. The summed E-state index contributed by atoms with van der Waals surface area (Å²) in [5.74, 6) is 2.05. The van der Waals surface area contributed by atoms with Crippen molar-refractivity contribution in [2.24, 2.45) is 0 Å². The standard InChI is InChI=1S/C53H41N4O.Pt/c1-36-30-45(37-16-7-5-8-17-37)52(46(31-36)38-18-9-6-10-19-38)56-35-55(48-24-13-14-25-49(48)56)40-20-15-21-41(33-40)58-42-26-27-44-43-22-11-12-23-47(43)57(50(44)34-42)51-32-39(28-29-54-51)53(2,3)4;/h5-32,35H,1-4H3;/q-3;. The van der Waals surface area contributed by atoms with E-state index in [1.54, 1.807) is 0 Å². The van der Waals surface area contributed by atoms with Gasteiger partial charge in [0.25, 0.3) is 0 Å². The number of ether oxygens (including phenoxy) is 1. The van der Waals surface area contributed by atoms with Crippen molar-refractivity contribution >= 4 is 44.6 Å². The molecular weight excluding hydrogens is 904 g/mol. The van der Waals surface area contributed by atoms with Gasteiger partial charge in [-0.1, -0.05) is 117 Å². The second-order valence-corrected chi connectivity index (χ2v) is 15.9. The topological polar surface area (TPSA) is 33.5 Å². The van der Waals surface area contributed by atoms with Crippen molar-refractivity contribution in [3.05, 3.63) is 200 Å². The molecule has 1 aliphatic rings. The third-order valence-electron chi connectivity index (χ3n) is 10.9. The van der Waals surface area contributed by atoms with Crippen LogP contribution in [0.4, 0.5) is 22.7 Å². The Labute approximate surface area is 360 Å². The Hall–Kier alpha value is -6.42. The molecule has 6 heteroatoms. The molecule has 0 spiro atoms. The van der Waals surface area contributed by atoms with E-state index in [2.05, 4.69) is 206 Å². The minimum absolute atomic E-state index is 0. The molecule has 0 radical (unpaired) electrons. The molecule has 1 aliphatic heterocycles. The minimum Gasteiger partial charge on any atom is -0.509 e. The van der Waals surface area contributed by atoms with Crippen LogP contribution in [0.1, 0.15) is 31.9 Å². The van der Waals surface area contributed by atoms with Crippen LogP contribution in [0.2, 0.25) is 0 Å². The van der Waals surface area contributed by atoms with Crippen LogP contribution in [-0.4, -0.2) is 9.55 Å². The molecule has 0 saturated heterocycles. The fourth-order valence-electron chi connectivity index (χ4n) is 8.13. The Morgan fingerprint density at radius 2 is 1.22 bits per heavy atom. The zero-order chi connectivity index (χ0) is 39.4. The Balaban J connectivity index is 0.00000449. The summed E-state index contributed by atoms with van der Waals surface area (Å²) < 4.78 is 8.81. The summed E-state index contributed by atoms with van der Waals surface area (Å²) in [4.78, 5) is 9.37. The smallest absolute Gasteiger partial charge is 0.135 e. The Bertz CT molecular complexity index is 2910. The molecule has 2 aromatic heterocycles. The number of aryl methyl sites for hydroxylation is 1. The van der Waals surface area contributed by atoms with Crippen molar-refractivity contribution in [1.82, 2.24) is 9.55 Å². The van der Waals surface area contributed by atoms with Crippen LogP contribution in [0, 0.1) is 25.7 Å². The van der Waals surface area contributed by atoms with Gasteiger partial charge in [0, 0.05) is 72.5 Å². The van der Waals surface area contributed by atoms with Crippen molar-refractivity contribution in [3.8, 4) is 39.6 Å². The van der Waals surface area contributed by atoms with E-state index >= 15 is 0 Å². The summed E-state index contributed by atoms with van der Waals surface area (Å²) in [7, 11) is 0. The van der Waals surface area contributed by atoms with Crippen molar-refractivity contribution < 1.29 is 25.8 Å². The van der Waals surface area contributed by atoms with Crippen LogP contribution in [-0.2, 0) is 26.5 Å². The van der Waals surface area contributed by atoms with Gasteiger partial charge in [0.1, 0.15) is 5.82 Å². The molecule has 0 bridgehead atoms. The predicted molar refractivity (Wildman–Crippen MR) is 239 cm³/mol. The van der Waals surface area contributed by atoms with Gasteiger partial charge >= 0.3 is 0 Å². The molecule has 10 rings (SSSR count). The van der Waals surface area contributed by atoms with E-state index in [4.69, 9.17) is 9.72 Å². The molecule has 0 amide bonds. The molecule has 0 aliphatic carbocycles. The summed E-state index contributed by atoms with van der Waals surface area (Å²) in [6, 6.07) is 64.5. The molecule has 0 fully saturated rings. The maximum absolute atomic E-state index is 6.62. The quantitative estimate of drug-likeness (QED) is 0.149. The van der Waals surface area contributed by atoms with Gasteiger partial charge < -0.3 is 19.1 Å². The number of hydrogen-bond donors (Lipinski definition) is 0. The van der Waals surface area contributed by atoms with Gasteiger partial charge in [-0.15, -0.1) is 48.1 Å².